The van der Waals surface area contributed by atoms with Gasteiger partial charge in [-0.05, 0) is 37.1 Å². The van der Waals surface area contributed by atoms with Gasteiger partial charge < -0.3 is 15.7 Å². The summed E-state index contributed by atoms with van der Waals surface area (Å²) in [5.41, 5.74) is -0.402. The summed E-state index contributed by atoms with van der Waals surface area (Å²) in [4.78, 5) is 16.0. The van der Waals surface area contributed by atoms with E-state index < -0.39 is 11.9 Å². The van der Waals surface area contributed by atoms with E-state index >= 15 is 0 Å². The molecule has 1 aromatic carbocycles. The molecule has 0 unspecified atom stereocenters. The van der Waals surface area contributed by atoms with E-state index in [1.165, 1.54) is 6.20 Å². The van der Waals surface area contributed by atoms with E-state index in [0.717, 1.165) is 6.42 Å². The minimum Gasteiger partial charge on any atom is -0.483 e. The maximum absolute atomic E-state index is 13.3. The van der Waals surface area contributed by atoms with Crippen molar-refractivity contribution in [2.45, 2.75) is 33.0 Å². The standard InChI is InChI=1S/C17H20ClF3N4.CH2O2/c1-11(2)6-7-22-9-12-10-23-16(25-15(12)17(19,20)21)24-14-5-3-4-13(18)8-14;2-1-3/h3-5,8,10-11,22H,6-7,9H2,1-2H3,(H,23,24,25);1H,(H,2,3). The molecule has 2 aromatic rings. The summed E-state index contributed by atoms with van der Waals surface area (Å²) in [5.74, 6) is 0.357. The first-order chi connectivity index (χ1) is 13.2. The van der Waals surface area contributed by atoms with Crippen LogP contribution in [-0.2, 0) is 17.5 Å². The van der Waals surface area contributed by atoms with Gasteiger partial charge in [0.2, 0.25) is 5.95 Å². The Hall–Kier alpha value is -2.39. The summed E-state index contributed by atoms with van der Waals surface area (Å²) in [7, 11) is 0. The zero-order valence-corrected chi connectivity index (χ0v) is 16.2. The Labute approximate surface area is 166 Å². The minimum atomic E-state index is -4.55. The molecule has 154 valence electrons. The van der Waals surface area contributed by atoms with Crippen LogP contribution in [0.3, 0.4) is 0 Å². The average Bonchev–Trinajstić information content (AvgIpc) is 2.59. The van der Waals surface area contributed by atoms with Crippen molar-refractivity contribution in [3.8, 4) is 0 Å². The van der Waals surface area contributed by atoms with E-state index in [9.17, 15) is 13.2 Å². The molecule has 28 heavy (non-hydrogen) atoms. The van der Waals surface area contributed by atoms with Crippen molar-refractivity contribution in [3.63, 3.8) is 0 Å². The van der Waals surface area contributed by atoms with Crippen LogP contribution in [0, 0.1) is 5.92 Å². The second kappa shape index (κ2) is 11.5. The van der Waals surface area contributed by atoms with Gasteiger partial charge in [-0.1, -0.05) is 31.5 Å². The second-order valence-corrected chi connectivity index (χ2v) is 6.60. The topological polar surface area (TPSA) is 87.1 Å². The van der Waals surface area contributed by atoms with Crippen LogP contribution in [0.25, 0.3) is 0 Å². The van der Waals surface area contributed by atoms with Crippen LogP contribution in [0.2, 0.25) is 5.02 Å². The van der Waals surface area contributed by atoms with Gasteiger partial charge in [-0.2, -0.15) is 13.2 Å². The molecule has 1 aromatic heterocycles. The Morgan fingerprint density at radius 1 is 1.32 bits per heavy atom. The number of aromatic nitrogens is 2. The van der Waals surface area contributed by atoms with Crippen LogP contribution < -0.4 is 10.6 Å². The van der Waals surface area contributed by atoms with Gasteiger partial charge in [0.1, 0.15) is 0 Å². The largest absolute Gasteiger partial charge is 0.483 e. The van der Waals surface area contributed by atoms with E-state index in [0.29, 0.717) is 23.2 Å². The summed E-state index contributed by atoms with van der Waals surface area (Å²) in [5, 5.41) is 13.1. The van der Waals surface area contributed by atoms with Gasteiger partial charge in [-0.25, -0.2) is 9.97 Å². The highest BCUT2D eigenvalue weighted by Gasteiger charge is 2.36. The summed E-state index contributed by atoms with van der Waals surface area (Å²) in [6.45, 7) is 4.57. The number of benzene rings is 1. The molecule has 3 N–H and O–H groups in total. The number of alkyl halides is 3. The fourth-order valence-corrected chi connectivity index (χ4v) is 2.34. The maximum atomic E-state index is 13.3. The zero-order valence-electron chi connectivity index (χ0n) is 15.4. The van der Waals surface area contributed by atoms with E-state index in [4.69, 9.17) is 21.5 Å². The Kier molecular flexibility index (Phi) is 9.67. The normalized spacial score (nSPS) is 11.0. The molecular formula is C18H22ClF3N4O2. The third-order valence-electron chi connectivity index (χ3n) is 3.43. The number of rotatable bonds is 7. The maximum Gasteiger partial charge on any atom is 0.433 e. The van der Waals surface area contributed by atoms with Gasteiger partial charge in [0.05, 0.1) is 0 Å². The number of hydrogen-bond acceptors (Lipinski definition) is 5. The first-order valence-electron chi connectivity index (χ1n) is 8.41. The molecule has 6 nitrogen and oxygen atoms in total. The molecule has 0 aliphatic carbocycles. The molecule has 1 heterocycles. The third-order valence-corrected chi connectivity index (χ3v) is 3.66. The van der Waals surface area contributed by atoms with Gasteiger partial charge in [-0.3, -0.25) is 4.79 Å². The highest BCUT2D eigenvalue weighted by Crippen LogP contribution is 2.31. The molecule has 0 aliphatic rings. The molecule has 0 spiro atoms. The number of carboxylic acid groups (broad SMARTS) is 1. The molecule has 0 atom stereocenters. The first-order valence-corrected chi connectivity index (χ1v) is 8.79. The van der Waals surface area contributed by atoms with Gasteiger partial charge in [0, 0.05) is 29.0 Å². The first kappa shape index (κ1) is 23.6. The summed E-state index contributed by atoms with van der Waals surface area (Å²) in [6.07, 6.45) is -2.47. The molecule has 0 radical (unpaired) electrons. The lowest BCUT2D eigenvalue weighted by atomic mass is 10.1. The highest BCUT2D eigenvalue weighted by atomic mass is 35.5. The third kappa shape index (κ3) is 8.53. The molecular weight excluding hydrogens is 397 g/mol. The van der Waals surface area contributed by atoms with Gasteiger partial charge >= 0.3 is 6.18 Å². The Morgan fingerprint density at radius 3 is 2.57 bits per heavy atom. The fraction of sp³-hybridized carbons (Fsp3) is 0.389. The molecule has 0 aliphatic heterocycles. The van der Waals surface area contributed by atoms with Crippen LogP contribution in [0.15, 0.2) is 30.5 Å². The molecule has 0 saturated carbocycles. The van der Waals surface area contributed by atoms with Crippen LogP contribution >= 0.6 is 11.6 Å². The Balaban J connectivity index is 0.00000122. The number of halogens is 4. The molecule has 0 fully saturated rings. The lowest BCUT2D eigenvalue weighted by Crippen LogP contribution is -2.21. The van der Waals surface area contributed by atoms with Crippen molar-refractivity contribution in [2.75, 3.05) is 11.9 Å². The van der Waals surface area contributed by atoms with Crippen molar-refractivity contribution >= 4 is 29.7 Å². The van der Waals surface area contributed by atoms with Crippen molar-refractivity contribution in [1.82, 2.24) is 15.3 Å². The van der Waals surface area contributed by atoms with Crippen LogP contribution in [0.1, 0.15) is 31.5 Å². The summed E-state index contributed by atoms with van der Waals surface area (Å²) < 4.78 is 39.9. The van der Waals surface area contributed by atoms with E-state index in [2.05, 4.69) is 34.4 Å². The molecule has 0 amide bonds. The summed E-state index contributed by atoms with van der Waals surface area (Å²) >= 11 is 5.86. The number of nitrogens with zero attached hydrogens (tertiary/aromatic N) is 2. The molecule has 0 saturated heterocycles. The Bertz CT molecular complexity index is 758. The predicted octanol–water partition coefficient (Wildman–Crippen LogP) is 4.73. The van der Waals surface area contributed by atoms with Crippen molar-refractivity contribution in [3.05, 3.63) is 46.7 Å². The fourth-order valence-electron chi connectivity index (χ4n) is 2.15. The number of hydrogen-bond donors (Lipinski definition) is 3. The van der Waals surface area contributed by atoms with Gasteiger partial charge in [0.15, 0.2) is 5.69 Å². The van der Waals surface area contributed by atoms with Crippen LogP contribution in [-0.4, -0.2) is 28.1 Å². The Morgan fingerprint density at radius 2 is 2.00 bits per heavy atom. The summed E-state index contributed by atoms with van der Waals surface area (Å²) in [6, 6.07) is 6.60. The average molecular weight is 419 g/mol. The monoisotopic (exact) mass is 418 g/mol. The van der Waals surface area contributed by atoms with Crippen molar-refractivity contribution < 1.29 is 23.1 Å². The highest BCUT2D eigenvalue weighted by molar-refractivity contribution is 6.30. The lowest BCUT2D eigenvalue weighted by Gasteiger charge is -2.14. The van der Waals surface area contributed by atoms with Gasteiger partial charge in [0.25, 0.3) is 6.47 Å². The van der Waals surface area contributed by atoms with Crippen LogP contribution in [0.5, 0.6) is 0 Å². The van der Waals surface area contributed by atoms with Crippen molar-refractivity contribution in [2.24, 2.45) is 5.92 Å². The zero-order chi connectivity index (χ0) is 21.2. The van der Waals surface area contributed by atoms with Gasteiger partial charge in [-0.15, -0.1) is 0 Å². The number of anilines is 2. The molecule has 2 rings (SSSR count). The van der Waals surface area contributed by atoms with Crippen LogP contribution in [0.4, 0.5) is 24.8 Å². The number of carbonyl (C=O) groups is 1. The van der Waals surface area contributed by atoms with E-state index in [-0.39, 0.29) is 24.5 Å². The quantitative estimate of drug-likeness (QED) is 0.445. The van der Waals surface area contributed by atoms with Crippen molar-refractivity contribution in [1.29, 1.82) is 0 Å². The predicted molar refractivity (Wildman–Crippen MR) is 102 cm³/mol. The minimum absolute atomic E-state index is 0.0212. The molecule has 0 bridgehead atoms. The van der Waals surface area contributed by atoms with E-state index in [1.807, 2.05) is 0 Å². The molecule has 10 heteroatoms. The smallest absolute Gasteiger partial charge is 0.433 e. The second-order valence-electron chi connectivity index (χ2n) is 6.17. The SMILES string of the molecule is CC(C)CCNCc1cnc(Nc2cccc(Cl)c2)nc1C(F)(F)F.O=CO. The van der Waals surface area contributed by atoms with E-state index in [1.54, 1.807) is 24.3 Å². The lowest BCUT2D eigenvalue weighted by molar-refractivity contribution is -0.141. The number of nitrogens with one attached hydrogen (secondary N) is 2.